The summed E-state index contributed by atoms with van der Waals surface area (Å²) in [7, 11) is 0. The van der Waals surface area contributed by atoms with E-state index in [0.29, 0.717) is 29.9 Å². The molecule has 3 aromatic carbocycles. The largest absolute Gasteiger partial charge is 0.454 e. The first-order valence-corrected chi connectivity index (χ1v) is 13.7. The molecule has 204 valence electrons. The summed E-state index contributed by atoms with van der Waals surface area (Å²) in [6.07, 6.45) is 7.62. The number of rotatable bonds is 1. The number of hydrogen-bond donors (Lipinski definition) is 3. The van der Waals surface area contributed by atoms with Crippen LogP contribution in [0.3, 0.4) is 0 Å². The molecule has 2 aromatic heterocycles. The van der Waals surface area contributed by atoms with Crippen molar-refractivity contribution in [2.45, 2.75) is 44.4 Å². The zero-order valence-corrected chi connectivity index (χ0v) is 22.0. The van der Waals surface area contributed by atoms with Crippen molar-refractivity contribution < 1.29 is 18.3 Å². The lowest BCUT2D eigenvalue weighted by Crippen LogP contribution is -2.24. The van der Waals surface area contributed by atoms with Gasteiger partial charge in [0.25, 0.3) is 0 Å². The van der Waals surface area contributed by atoms with Crippen molar-refractivity contribution in [3.05, 3.63) is 102 Å². The molecule has 0 saturated carbocycles. The summed E-state index contributed by atoms with van der Waals surface area (Å²) < 4.78 is 36.5. The molecule has 5 aromatic rings. The Kier molecular flexibility index (Phi) is 7.31. The fraction of sp³-hybridized carbons (Fsp3) is 0.250. The Morgan fingerprint density at radius 3 is 2.67 bits per heavy atom. The second-order valence-electron chi connectivity index (χ2n) is 10.2. The average Bonchev–Trinajstić information content (AvgIpc) is 3.63. The maximum Gasteiger partial charge on any atom is 0.220 e. The Hall–Kier alpha value is -4.46. The molecule has 0 radical (unpaired) electrons. The minimum Gasteiger partial charge on any atom is -0.454 e. The van der Waals surface area contributed by atoms with Gasteiger partial charge < -0.3 is 20.0 Å². The third-order valence-corrected chi connectivity index (χ3v) is 7.55. The van der Waals surface area contributed by atoms with Crippen LogP contribution in [0.5, 0.6) is 11.5 Å². The van der Waals surface area contributed by atoms with Crippen LogP contribution in [-0.2, 0) is 11.2 Å². The van der Waals surface area contributed by atoms with Gasteiger partial charge in [0.2, 0.25) is 5.91 Å². The molecule has 0 saturated heterocycles. The van der Waals surface area contributed by atoms with Gasteiger partial charge in [-0.2, -0.15) is 0 Å². The second kappa shape index (κ2) is 11.3. The summed E-state index contributed by atoms with van der Waals surface area (Å²) in [5.74, 6) is -0.375. The summed E-state index contributed by atoms with van der Waals surface area (Å²) in [6, 6.07) is 17.7. The van der Waals surface area contributed by atoms with Crippen LogP contribution in [-0.4, -0.2) is 27.4 Å². The number of benzene rings is 3. The number of ether oxygens (including phenoxy) is 1. The highest BCUT2D eigenvalue weighted by atomic mass is 19.1. The number of amides is 1. The molecule has 3 heterocycles. The molecule has 3 N–H and O–H groups in total. The Balaban J connectivity index is 1.41. The van der Waals surface area contributed by atoms with Crippen LogP contribution in [0.15, 0.2) is 73.1 Å². The first-order chi connectivity index (χ1) is 19.6. The number of aromatic nitrogens is 3. The third-order valence-electron chi connectivity index (χ3n) is 7.55. The number of nitrogens with one attached hydrogen (secondary N) is 3. The minimum absolute atomic E-state index is 0.0275. The first-order valence-electron chi connectivity index (χ1n) is 13.7. The lowest BCUT2D eigenvalue weighted by atomic mass is 9.90. The summed E-state index contributed by atoms with van der Waals surface area (Å²) in [6.45, 7) is 0.584. The Bertz CT molecular complexity index is 1640. The first kappa shape index (κ1) is 25.8. The molecular formula is C32H30F2N4O2. The van der Waals surface area contributed by atoms with E-state index in [1.807, 2.05) is 24.3 Å². The van der Waals surface area contributed by atoms with Gasteiger partial charge >= 0.3 is 0 Å². The Morgan fingerprint density at radius 1 is 0.925 bits per heavy atom. The standard InChI is InChI=1S/C32H30F2N4O2/c33-26-12-10-21-17-25(26)32-37-19-29(38-32)22(20-7-3-1-4-8-20)9-5-2-6-15-36-30(39)13-11-24-23-14-16-35-28(23)18-27(34)31(24)40-21/h1,3-4,7-8,10,12,14,16-19,22,35H,2,5-6,9,11,13,15H2,(H,36,39)(H,37,38). The summed E-state index contributed by atoms with van der Waals surface area (Å²) >= 11 is 0. The van der Waals surface area contributed by atoms with Gasteiger partial charge in [-0.15, -0.1) is 0 Å². The number of imidazole rings is 1. The van der Waals surface area contributed by atoms with Crippen LogP contribution in [0.25, 0.3) is 22.3 Å². The monoisotopic (exact) mass is 540 g/mol. The van der Waals surface area contributed by atoms with Crippen LogP contribution >= 0.6 is 0 Å². The SMILES string of the molecule is O=C1CCc2c(c(F)cc3[nH]ccc23)Oc2ccc(F)c(c2)-c2ncc([nH]2)C(c2ccccc2)CCCCCN1. The number of halogens is 2. The maximum absolute atomic E-state index is 15.3. The van der Waals surface area contributed by atoms with Gasteiger partial charge in [0.15, 0.2) is 11.6 Å². The third kappa shape index (κ3) is 5.34. The second-order valence-corrected chi connectivity index (χ2v) is 10.2. The van der Waals surface area contributed by atoms with Gasteiger partial charge in [-0.3, -0.25) is 4.79 Å². The number of carbonyl (C=O) groups is 1. The molecule has 1 amide bonds. The highest BCUT2D eigenvalue weighted by Crippen LogP contribution is 2.37. The van der Waals surface area contributed by atoms with Crippen LogP contribution in [0.4, 0.5) is 8.78 Å². The molecule has 0 aliphatic carbocycles. The average molecular weight is 541 g/mol. The number of aryl methyl sites for hydroxylation is 1. The van der Waals surface area contributed by atoms with Gasteiger partial charge in [0.05, 0.1) is 5.56 Å². The highest BCUT2D eigenvalue weighted by Gasteiger charge is 2.21. The Morgan fingerprint density at radius 2 is 1.80 bits per heavy atom. The van der Waals surface area contributed by atoms with E-state index in [0.717, 1.165) is 42.3 Å². The molecule has 6 nitrogen and oxygen atoms in total. The van der Waals surface area contributed by atoms with Gasteiger partial charge in [0, 0.05) is 59.5 Å². The molecule has 1 atom stereocenters. The predicted molar refractivity (Wildman–Crippen MR) is 150 cm³/mol. The van der Waals surface area contributed by atoms with E-state index in [1.165, 1.54) is 24.3 Å². The number of hydrogen-bond acceptors (Lipinski definition) is 3. The number of carbonyl (C=O) groups excluding carboxylic acids is 1. The normalized spacial score (nSPS) is 16.8. The fourth-order valence-electron chi connectivity index (χ4n) is 5.49. The van der Waals surface area contributed by atoms with Crippen molar-refractivity contribution in [2.75, 3.05) is 6.54 Å². The van der Waals surface area contributed by atoms with Gasteiger partial charge in [0.1, 0.15) is 17.4 Å². The molecule has 1 aliphatic heterocycles. The number of H-pyrrole nitrogens is 2. The Labute approximate surface area is 230 Å². The molecular weight excluding hydrogens is 510 g/mol. The van der Waals surface area contributed by atoms with Crippen molar-refractivity contribution in [2.24, 2.45) is 0 Å². The van der Waals surface area contributed by atoms with Crippen LogP contribution < -0.4 is 10.1 Å². The molecule has 4 bridgehead atoms. The number of fused-ring (bicyclic) bond motifs is 8. The van der Waals surface area contributed by atoms with E-state index < -0.39 is 11.6 Å². The van der Waals surface area contributed by atoms with Gasteiger partial charge in [-0.25, -0.2) is 13.8 Å². The molecule has 0 spiro atoms. The quantitative estimate of drug-likeness (QED) is 0.207. The molecule has 6 rings (SSSR count). The topological polar surface area (TPSA) is 82.8 Å². The van der Waals surface area contributed by atoms with Gasteiger partial charge in [-0.1, -0.05) is 43.2 Å². The smallest absolute Gasteiger partial charge is 0.220 e. The summed E-state index contributed by atoms with van der Waals surface area (Å²) in [4.78, 5) is 23.6. The van der Waals surface area contributed by atoms with Crippen LogP contribution in [0.2, 0.25) is 0 Å². The molecule has 40 heavy (non-hydrogen) atoms. The zero-order chi connectivity index (χ0) is 27.5. The van der Waals surface area contributed by atoms with Gasteiger partial charge in [-0.05, 0) is 49.1 Å². The van der Waals surface area contributed by atoms with E-state index in [2.05, 4.69) is 32.4 Å². The summed E-state index contributed by atoms with van der Waals surface area (Å²) in [5.41, 5.74) is 3.48. The van der Waals surface area contributed by atoms with Crippen molar-refractivity contribution in [1.29, 1.82) is 0 Å². The van der Waals surface area contributed by atoms with Crippen molar-refractivity contribution in [3.8, 4) is 22.9 Å². The number of nitrogens with zero attached hydrogens (tertiary/aromatic N) is 1. The van der Waals surface area contributed by atoms with Crippen molar-refractivity contribution in [1.82, 2.24) is 20.3 Å². The minimum atomic E-state index is -0.562. The predicted octanol–water partition coefficient (Wildman–Crippen LogP) is 7.38. The fourth-order valence-corrected chi connectivity index (χ4v) is 5.49. The van der Waals surface area contributed by atoms with E-state index in [4.69, 9.17) is 4.74 Å². The molecule has 1 aliphatic rings. The zero-order valence-electron chi connectivity index (χ0n) is 22.0. The van der Waals surface area contributed by atoms with E-state index in [9.17, 15) is 4.79 Å². The van der Waals surface area contributed by atoms with Crippen LogP contribution in [0, 0.1) is 11.6 Å². The van der Waals surface area contributed by atoms with Crippen molar-refractivity contribution >= 4 is 16.8 Å². The molecule has 8 heteroatoms. The highest BCUT2D eigenvalue weighted by molar-refractivity contribution is 5.86. The van der Waals surface area contributed by atoms with E-state index in [-0.39, 0.29) is 35.3 Å². The maximum atomic E-state index is 15.3. The number of aromatic amines is 2. The summed E-state index contributed by atoms with van der Waals surface area (Å²) in [5, 5.41) is 3.78. The lowest BCUT2D eigenvalue weighted by Gasteiger charge is -2.16. The van der Waals surface area contributed by atoms with Crippen molar-refractivity contribution in [3.63, 3.8) is 0 Å². The molecule has 0 fully saturated rings. The molecule has 1 unspecified atom stereocenters. The van der Waals surface area contributed by atoms with E-state index in [1.54, 1.807) is 12.4 Å². The van der Waals surface area contributed by atoms with E-state index >= 15 is 8.78 Å². The lowest BCUT2D eigenvalue weighted by molar-refractivity contribution is -0.121. The van der Waals surface area contributed by atoms with Crippen LogP contribution in [0.1, 0.15) is 54.8 Å².